The fraction of sp³-hybridized carbons (Fsp3) is 0.333. The molecule has 1 unspecified atom stereocenters. The normalized spacial score (nSPS) is 16.7. The van der Waals surface area contributed by atoms with Gasteiger partial charge in [0, 0.05) is 10.6 Å². The predicted molar refractivity (Wildman–Crippen MR) is 101 cm³/mol. The van der Waals surface area contributed by atoms with Crippen LogP contribution in [0.4, 0.5) is 8.78 Å². The Kier molecular flexibility index (Phi) is 7.02. The van der Waals surface area contributed by atoms with Gasteiger partial charge in [0.25, 0.3) is 0 Å². The first-order valence-corrected chi connectivity index (χ1v) is 9.97. The summed E-state index contributed by atoms with van der Waals surface area (Å²) in [6.07, 6.45) is 1.15. The second-order valence-electron chi connectivity index (χ2n) is 6.17. The molecule has 1 fully saturated rings. The average molecular weight is 422 g/mol. The third-order valence-corrected chi connectivity index (χ3v) is 7.04. The molecule has 0 spiro atoms. The van der Waals surface area contributed by atoms with Crippen molar-refractivity contribution >= 4 is 33.8 Å². The number of rotatable bonds is 4. The Morgan fingerprint density at radius 2 is 1.65 bits per heavy atom. The van der Waals surface area contributed by atoms with Gasteiger partial charge in [-0.25, -0.2) is 17.2 Å². The molecule has 0 radical (unpaired) electrons. The Morgan fingerprint density at radius 3 is 2.27 bits per heavy atom. The van der Waals surface area contributed by atoms with Gasteiger partial charge in [0.2, 0.25) is 0 Å². The van der Waals surface area contributed by atoms with Crippen molar-refractivity contribution in [1.29, 1.82) is 0 Å². The van der Waals surface area contributed by atoms with Gasteiger partial charge in [0.1, 0.15) is 11.6 Å². The summed E-state index contributed by atoms with van der Waals surface area (Å²) in [4.78, 5) is 0.0593. The minimum absolute atomic E-state index is 0. The number of piperidine rings is 1. The summed E-state index contributed by atoms with van der Waals surface area (Å²) in [5.74, 6) is -1.65. The van der Waals surface area contributed by atoms with Crippen LogP contribution < -0.4 is 5.32 Å². The van der Waals surface area contributed by atoms with Crippen LogP contribution in [0.3, 0.4) is 0 Å². The van der Waals surface area contributed by atoms with Crippen LogP contribution in [0.15, 0.2) is 47.4 Å². The van der Waals surface area contributed by atoms with Crippen LogP contribution in [-0.4, -0.2) is 21.5 Å². The van der Waals surface area contributed by atoms with Gasteiger partial charge in [-0.3, -0.25) is 0 Å². The molecule has 8 heteroatoms. The van der Waals surface area contributed by atoms with Crippen LogP contribution in [0, 0.1) is 17.6 Å². The lowest BCUT2D eigenvalue weighted by Crippen LogP contribution is -2.34. The summed E-state index contributed by atoms with van der Waals surface area (Å²) in [6.45, 7) is 1.29. The van der Waals surface area contributed by atoms with Gasteiger partial charge in [-0.15, -0.1) is 12.4 Å². The largest absolute Gasteiger partial charge is 0.317 e. The first-order chi connectivity index (χ1) is 11.9. The summed E-state index contributed by atoms with van der Waals surface area (Å²) < 4.78 is 54.7. The van der Waals surface area contributed by atoms with Gasteiger partial charge in [-0.2, -0.15) is 0 Å². The fourth-order valence-corrected chi connectivity index (χ4v) is 5.55. The maximum Gasteiger partial charge on any atom is 0.185 e. The van der Waals surface area contributed by atoms with E-state index < -0.39 is 26.7 Å². The van der Waals surface area contributed by atoms with Crippen molar-refractivity contribution in [2.24, 2.45) is 5.92 Å². The van der Waals surface area contributed by atoms with Crippen molar-refractivity contribution in [3.8, 4) is 0 Å². The molecule has 1 N–H and O–H groups in total. The Balaban J connectivity index is 0.00000243. The van der Waals surface area contributed by atoms with Crippen LogP contribution >= 0.6 is 24.0 Å². The van der Waals surface area contributed by atoms with Gasteiger partial charge in [-0.05, 0) is 74.3 Å². The van der Waals surface area contributed by atoms with Crippen LogP contribution in [-0.2, 0) is 9.84 Å². The standard InChI is InChI=1S/C18H18ClF2NO2S.ClH/c19-13-1-4-15(5-2-13)25(23,24)18(12-7-9-22-10-8-12)16-11-14(20)3-6-17(16)21;/h1-6,11-12,18,22H,7-10H2;1H. The molecule has 1 heterocycles. The third-order valence-electron chi connectivity index (χ3n) is 4.55. The van der Waals surface area contributed by atoms with Gasteiger partial charge in [-0.1, -0.05) is 11.6 Å². The number of halogens is 4. The van der Waals surface area contributed by atoms with E-state index in [1.807, 2.05) is 0 Å². The molecule has 26 heavy (non-hydrogen) atoms. The highest BCUT2D eigenvalue weighted by Crippen LogP contribution is 2.40. The Hall–Kier alpha value is -1.21. The highest BCUT2D eigenvalue weighted by molar-refractivity contribution is 7.91. The third kappa shape index (κ3) is 4.36. The van der Waals surface area contributed by atoms with Crippen molar-refractivity contribution < 1.29 is 17.2 Å². The monoisotopic (exact) mass is 421 g/mol. The van der Waals surface area contributed by atoms with Crippen molar-refractivity contribution in [3.63, 3.8) is 0 Å². The molecule has 142 valence electrons. The molecule has 0 aliphatic carbocycles. The Bertz CT molecular complexity index is 854. The molecule has 3 rings (SSSR count). The van der Waals surface area contributed by atoms with Crippen molar-refractivity contribution in [3.05, 3.63) is 64.7 Å². The number of hydrogen-bond acceptors (Lipinski definition) is 3. The molecule has 1 atom stereocenters. The van der Waals surface area contributed by atoms with Gasteiger partial charge in [0.05, 0.1) is 10.1 Å². The molecule has 0 amide bonds. The van der Waals surface area contributed by atoms with Gasteiger partial charge >= 0.3 is 0 Å². The molecule has 0 saturated carbocycles. The van der Waals surface area contributed by atoms with E-state index in [0.29, 0.717) is 31.0 Å². The molecular weight excluding hydrogens is 403 g/mol. The Labute approximate surface area is 163 Å². The highest BCUT2D eigenvalue weighted by atomic mass is 35.5. The number of hydrogen-bond donors (Lipinski definition) is 1. The van der Waals surface area contributed by atoms with Gasteiger partial charge < -0.3 is 5.32 Å². The summed E-state index contributed by atoms with van der Waals surface area (Å²) in [5, 5.41) is 2.44. The summed E-state index contributed by atoms with van der Waals surface area (Å²) in [7, 11) is -3.90. The van der Waals surface area contributed by atoms with Crippen LogP contribution in [0.5, 0.6) is 0 Å². The smallest absolute Gasteiger partial charge is 0.185 e. The van der Waals surface area contributed by atoms with Crippen molar-refractivity contribution in [2.45, 2.75) is 23.0 Å². The predicted octanol–water partition coefficient (Wildman–Crippen LogP) is 4.55. The highest BCUT2D eigenvalue weighted by Gasteiger charge is 2.38. The molecule has 0 bridgehead atoms. The van der Waals surface area contributed by atoms with Gasteiger partial charge in [0.15, 0.2) is 9.84 Å². The topological polar surface area (TPSA) is 46.2 Å². The van der Waals surface area contributed by atoms with E-state index in [4.69, 9.17) is 11.6 Å². The molecule has 2 aromatic carbocycles. The number of nitrogens with one attached hydrogen (secondary N) is 1. The van der Waals surface area contributed by atoms with Crippen molar-refractivity contribution in [2.75, 3.05) is 13.1 Å². The van der Waals surface area contributed by atoms with Crippen LogP contribution in [0.1, 0.15) is 23.7 Å². The number of sulfone groups is 1. The van der Waals surface area contributed by atoms with E-state index in [1.165, 1.54) is 24.3 Å². The summed E-state index contributed by atoms with van der Waals surface area (Å²) >= 11 is 5.84. The average Bonchev–Trinajstić information content (AvgIpc) is 2.59. The van der Waals surface area contributed by atoms with E-state index in [2.05, 4.69) is 5.32 Å². The fourth-order valence-electron chi connectivity index (χ4n) is 3.32. The molecule has 3 nitrogen and oxygen atoms in total. The van der Waals surface area contributed by atoms with E-state index in [9.17, 15) is 17.2 Å². The second-order valence-corrected chi connectivity index (χ2v) is 8.68. The van der Waals surface area contributed by atoms with E-state index in [1.54, 1.807) is 0 Å². The maximum absolute atomic E-state index is 14.4. The summed E-state index contributed by atoms with van der Waals surface area (Å²) in [6, 6.07) is 8.75. The number of benzene rings is 2. The zero-order chi connectivity index (χ0) is 18.0. The SMILES string of the molecule is Cl.O=S(=O)(c1ccc(Cl)cc1)C(c1cc(F)ccc1F)C1CCNCC1. The first kappa shape index (κ1) is 21.1. The minimum Gasteiger partial charge on any atom is -0.317 e. The molecule has 0 aromatic heterocycles. The Morgan fingerprint density at radius 1 is 1.04 bits per heavy atom. The lowest BCUT2D eigenvalue weighted by Gasteiger charge is -2.31. The van der Waals surface area contributed by atoms with Crippen molar-refractivity contribution in [1.82, 2.24) is 5.32 Å². The van der Waals surface area contributed by atoms with Crippen LogP contribution in [0.25, 0.3) is 0 Å². The second kappa shape index (κ2) is 8.65. The molecule has 1 saturated heterocycles. The minimum atomic E-state index is -3.90. The van der Waals surface area contributed by atoms with Crippen LogP contribution in [0.2, 0.25) is 5.02 Å². The molecule has 1 aliphatic rings. The molecular formula is C18H19Cl2F2NO2S. The first-order valence-electron chi connectivity index (χ1n) is 8.05. The van der Waals surface area contributed by atoms with E-state index in [0.717, 1.165) is 18.2 Å². The molecule has 2 aromatic rings. The van der Waals surface area contributed by atoms with E-state index in [-0.39, 0.29) is 28.8 Å². The zero-order valence-electron chi connectivity index (χ0n) is 13.8. The van der Waals surface area contributed by atoms with E-state index >= 15 is 0 Å². The lowest BCUT2D eigenvalue weighted by molar-refractivity contribution is 0.352. The quantitative estimate of drug-likeness (QED) is 0.786. The lowest BCUT2D eigenvalue weighted by atomic mass is 9.90. The zero-order valence-corrected chi connectivity index (χ0v) is 16.2. The molecule has 1 aliphatic heterocycles. The summed E-state index contributed by atoms with van der Waals surface area (Å²) in [5.41, 5.74) is -0.109. The maximum atomic E-state index is 14.4.